The minimum absolute atomic E-state index is 0.0870. The third kappa shape index (κ3) is 4.83. The molecule has 3 N–H and O–H groups in total. The Morgan fingerprint density at radius 3 is 2.58 bits per heavy atom. The lowest BCUT2D eigenvalue weighted by atomic mass is 10.1. The third-order valence-electron chi connectivity index (χ3n) is 4.08. The van der Waals surface area contributed by atoms with Gasteiger partial charge in [0.25, 0.3) is 0 Å². The lowest BCUT2D eigenvalue weighted by Gasteiger charge is -2.17. The van der Waals surface area contributed by atoms with Gasteiger partial charge in [-0.2, -0.15) is 0 Å². The minimum Gasteiger partial charge on any atom is -0.396 e. The summed E-state index contributed by atoms with van der Waals surface area (Å²) in [6, 6.07) is 7.77. The largest absolute Gasteiger partial charge is 0.396 e. The van der Waals surface area contributed by atoms with Crippen LogP contribution in [0.4, 0.5) is 4.79 Å². The van der Waals surface area contributed by atoms with Crippen molar-refractivity contribution in [3.63, 3.8) is 0 Å². The summed E-state index contributed by atoms with van der Waals surface area (Å²) in [5, 5.41) is 14.6. The second-order valence-corrected chi connectivity index (χ2v) is 6.13. The normalized spacial score (nSPS) is 13.3. The van der Waals surface area contributed by atoms with Crippen molar-refractivity contribution in [1.82, 2.24) is 20.2 Å². The Hall–Kier alpha value is -2.34. The van der Waals surface area contributed by atoms with Crippen LogP contribution >= 0.6 is 0 Å². The van der Waals surface area contributed by atoms with Crippen LogP contribution < -0.4 is 10.6 Å². The van der Waals surface area contributed by atoms with Gasteiger partial charge in [0.15, 0.2) is 0 Å². The van der Waals surface area contributed by atoms with Gasteiger partial charge in [-0.25, -0.2) is 9.78 Å². The Kier molecular flexibility index (Phi) is 6.37. The van der Waals surface area contributed by atoms with E-state index >= 15 is 0 Å². The van der Waals surface area contributed by atoms with Crippen molar-refractivity contribution in [3.05, 3.63) is 48.0 Å². The van der Waals surface area contributed by atoms with Crippen molar-refractivity contribution in [2.24, 2.45) is 5.92 Å². The van der Waals surface area contributed by atoms with E-state index in [4.69, 9.17) is 5.11 Å². The molecule has 0 aliphatic carbocycles. The van der Waals surface area contributed by atoms with E-state index in [0.717, 1.165) is 17.1 Å². The molecule has 2 atom stereocenters. The summed E-state index contributed by atoms with van der Waals surface area (Å²) >= 11 is 0. The number of rotatable bonds is 7. The van der Waals surface area contributed by atoms with Gasteiger partial charge in [-0.05, 0) is 43.9 Å². The third-order valence-corrected chi connectivity index (χ3v) is 4.08. The first-order valence-electron chi connectivity index (χ1n) is 8.26. The average molecular weight is 330 g/mol. The fourth-order valence-electron chi connectivity index (χ4n) is 2.49. The van der Waals surface area contributed by atoms with Crippen LogP contribution in [-0.2, 0) is 0 Å². The zero-order valence-corrected chi connectivity index (χ0v) is 14.5. The van der Waals surface area contributed by atoms with E-state index in [-0.39, 0.29) is 24.6 Å². The molecule has 0 aliphatic heterocycles. The molecule has 0 saturated carbocycles. The molecule has 1 heterocycles. The molecule has 2 unspecified atom stereocenters. The lowest BCUT2D eigenvalue weighted by molar-refractivity contribution is 0.231. The molecule has 1 aromatic heterocycles. The SMILES string of the molecule is Cc1nccn1-c1ccc(C(C)NC(=O)NCC(C)CCO)cc1. The lowest BCUT2D eigenvalue weighted by Crippen LogP contribution is -2.39. The highest BCUT2D eigenvalue weighted by Crippen LogP contribution is 2.16. The summed E-state index contributed by atoms with van der Waals surface area (Å²) in [5.74, 6) is 1.19. The predicted molar refractivity (Wildman–Crippen MR) is 94.1 cm³/mol. The van der Waals surface area contributed by atoms with Crippen molar-refractivity contribution in [1.29, 1.82) is 0 Å². The number of amides is 2. The highest BCUT2D eigenvalue weighted by atomic mass is 16.3. The highest BCUT2D eigenvalue weighted by Gasteiger charge is 2.11. The van der Waals surface area contributed by atoms with Crippen LogP contribution in [-0.4, -0.2) is 33.8 Å². The topological polar surface area (TPSA) is 79.2 Å². The van der Waals surface area contributed by atoms with Gasteiger partial charge in [0.05, 0.1) is 6.04 Å². The van der Waals surface area contributed by atoms with Crippen molar-refractivity contribution < 1.29 is 9.90 Å². The smallest absolute Gasteiger partial charge is 0.315 e. The number of aromatic nitrogens is 2. The first-order valence-corrected chi connectivity index (χ1v) is 8.26. The van der Waals surface area contributed by atoms with E-state index < -0.39 is 0 Å². The van der Waals surface area contributed by atoms with Gasteiger partial charge in [0.1, 0.15) is 5.82 Å². The zero-order chi connectivity index (χ0) is 17.5. The predicted octanol–water partition coefficient (Wildman–Crippen LogP) is 2.56. The second-order valence-electron chi connectivity index (χ2n) is 6.13. The molecular weight excluding hydrogens is 304 g/mol. The number of carbonyl (C=O) groups excluding carboxylic acids is 1. The number of benzene rings is 1. The maximum atomic E-state index is 11.9. The molecule has 2 aromatic rings. The van der Waals surface area contributed by atoms with Gasteiger partial charge >= 0.3 is 6.03 Å². The molecule has 0 bridgehead atoms. The van der Waals surface area contributed by atoms with Gasteiger partial charge in [-0.15, -0.1) is 0 Å². The van der Waals surface area contributed by atoms with Crippen LogP contribution in [0.5, 0.6) is 0 Å². The Balaban J connectivity index is 1.89. The fourth-order valence-corrected chi connectivity index (χ4v) is 2.49. The zero-order valence-electron chi connectivity index (χ0n) is 14.5. The van der Waals surface area contributed by atoms with E-state index in [1.807, 2.05) is 55.8 Å². The van der Waals surface area contributed by atoms with Gasteiger partial charge in [-0.1, -0.05) is 19.1 Å². The highest BCUT2D eigenvalue weighted by molar-refractivity contribution is 5.74. The van der Waals surface area contributed by atoms with Gasteiger partial charge in [0, 0.05) is 31.2 Å². The van der Waals surface area contributed by atoms with E-state index in [0.29, 0.717) is 13.0 Å². The van der Waals surface area contributed by atoms with Crippen LogP contribution in [0.15, 0.2) is 36.7 Å². The van der Waals surface area contributed by atoms with E-state index in [2.05, 4.69) is 15.6 Å². The number of nitrogens with zero attached hydrogens (tertiary/aromatic N) is 2. The molecule has 6 heteroatoms. The number of nitrogens with one attached hydrogen (secondary N) is 2. The first kappa shape index (κ1) is 18.0. The molecule has 24 heavy (non-hydrogen) atoms. The van der Waals surface area contributed by atoms with Crippen LogP contribution in [0, 0.1) is 12.8 Å². The minimum atomic E-state index is -0.193. The Bertz CT molecular complexity index is 651. The number of aryl methyl sites for hydroxylation is 1. The van der Waals surface area contributed by atoms with Crippen LogP contribution in [0.1, 0.15) is 37.7 Å². The molecule has 130 valence electrons. The Morgan fingerprint density at radius 1 is 1.29 bits per heavy atom. The molecule has 1 aromatic carbocycles. The average Bonchev–Trinajstić information content (AvgIpc) is 2.99. The molecule has 0 spiro atoms. The van der Waals surface area contributed by atoms with Crippen LogP contribution in [0.2, 0.25) is 0 Å². The van der Waals surface area contributed by atoms with Crippen molar-refractivity contribution in [2.45, 2.75) is 33.2 Å². The van der Waals surface area contributed by atoms with Gasteiger partial charge in [0.2, 0.25) is 0 Å². The maximum absolute atomic E-state index is 11.9. The maximum Gasteiger partial charge on any atom is 0.315 e. The molecule has 6 nitrogen and oxygen atoms in total. The quantitative estimate of drug-likeness (QED) is 0.730. The Labute approximate surface area is 142 Å². The van der Waals surface area contributed by atoms with E-state index in [9.17, 15) is 4.79 Å². The van der Waals surface area contributed by atoms with Crippen LogP contribution in [0.25, 0.3) is 5.69 Å². The van der Waals surface area contributed by atoms with Gasteiger partial charge < -0.3 is 20.3 Å². The second kappa shape index (κ2) is 8.49. The van der Waals surface area contributed by atoms with Gasteiger partial charge in [-0.3, -0.25) is 0 Å². The van der Waals surface area contributed by atoms with Crippen LogP contribution in [0.3, 0.4) is 0 Å². The monoisotopic (exact) mass is 330 g/mol. The number of hydrogen-bond acceptors (Lipinski definition) is 3. The standard InChI is InChI=1S/C18H26N4O2/c1-13(8-11-23)12-20-18(24)21-14(2)16-4-6-17(7-5-16)22-10-9-19-15(22)3/h4-7,9-10,13-14,23H,8,11-12H2,1-3H3,(H2,20,21,24). The number of carbonyl (C=O) groups is 1. The number of urea groups is 1. The van der Waals surface area contributed by atoms with E-state index in [1.165, 1.54) is 0 Å². The molecular formula is C18H26N4O2. The molecule has 0 aliphatic rings. The summed E-state index contributed by atoms with van der Waals surface area (Å²) in [7, 11) is 0. The van der Waals surface area contributed by atoms with E-state index in [1.54, 1.807) is 6.20 Å². The Morgan fingerprint density at radius 2 is 2.00 bits per heavy atom. The first-order chi connectivity index (χ1) is 11.5. The number of aliphatic hydroxyl groups is 1. The molecule has 2 rings (SSSR count). The summed E-state index contributed by atoms with van der Waals surface area (Å²) in [6.07, 6.45) is 4.38. The molecule has 0 fully saturated rings. The fraction of sp³-hybridized carbons (Fsp3) is 0.444. The number of hydrogen-bond donors (Lipinski definition) is 3. The number of aliphatic hydroxyl groups excluding tert-OH is 1. The van der Waals surface area contributed by atoms with Crippen molar-refractivity contribution >= 4 is 6.03 Å². The molecule has 2 amide bonds. The summed E-state index contributed by atoms with van der Waals surface area (Å²) < 4.78 is 2.01. The van der Waals surface area contributed by atoms with Crippen molar-refractivity contribution in [2.75, 3.05) is 13.2 Å². The molecule has 0 saturated heterocycles. The summed E-state index contributed by atoms with van der Waals surface area (Å²) in [5.41, 5.74) is 2.08. The van der Waals surface area contributed by atoms with Crippen molar-refractivity contribution in [3.8, 4) is 5.69 Å². The summed E-state index contributed by atoms with van der Waals surface area (Å²) in [6.45, 7) is 6.60. The summed E-state index contributed by atoms with van der Waals surface area (Å²) in [4.78, 5) is 16.2. The number of imidazole rings is 1. The molecule has 0 radical (unpaired) electrons.